The van der Waals surface area contributed by atoms with Gasteiger partial charge in [-0.25, -0.2) is 9.97 Å². The summed E-state index contributed by atoms with van der Waals surface area (Å²) in [5.74, 6) is 2.78. The zero-order chi connectivity index (χ0) is 14.1. The molecule has 0 saturated heterocycles. The van der Waals surface area contributed by atoms with Crippen LogP contribution in [0.1, 0.15) is 37.3 Å². The summed E-state index contributed by atoms with van der Waals surface area (Å²) in [7, 11) is 1.89. The maximum absolute atomic E-state index is 5.59. The Morgan fingerprint density at radius 2 is 2.05 bits per heavy atom. The molecule has 2 heterocycles. The Labute approximate surface area is 140 Å². The first kappa shape index (κ1) is 14.3. The van der Waals surface area contributed by atoms with Crippen molar-refractivity contribution in [2.45, 2.75) is 31.6 Å². The largest absolute Gasteiger partial charge is 0.446 e. The lowest BCUT2D eigenvalue weighted by Gasteiger charge is -2.14. The van der Waals surface area contributed by atoms with Gasteiger partial charge in [0.25, 0.3) is 0 Å². The second-order valence-electron chi connectivity index (χ2n) is 4.93. The topological polar surface area (TPSA) is 51.0 Å². The first-order valence-electron chi connectivity index (χ1n) is 6.70. The molecule has 2 aromatic heterocycles. The number of nitrogens with one attached hydrogen (secondary N) is 1. The van der Waals surface area contributed by atoms with Crippen LogP contribution in [0.5, 0.6) is 0 Å². The van der Waals surface area contributed by atoms with E-state index in [4.69, 9.17) is 9.40 Å². The molecule has 1 fully saturated rings. The van der Waals surface area contributed by atoms with Crippen LogP contribution in [-0.4, -0.2) is 17.0 Å². The van der Waals surface area contributed by atoms with Crippen molar-refractivity contribution in [1.29, 1.82) is 0 Å². The Hall–Kier alpha value is -0.630. The van der Waals surface area contributed by atoms with E-state index in [0.29, 0.717) is 22.2 Å². The summed E-state index contributed by atoms with van der Waals surface area (Å²) in [4.78, 5) is 9.34. The van der Waals surface area contributed by atoms with E-state index < -0.39 is 0 Å². The third kappa shape index (κ3) is 2.72. The predicted molar refractivity (Wildman–Crippen MR) is 90.9 cm³/mol. The summed E-state index contributed by atoms with van der Waals surface area (Å²) in [6.45, 7) is 0. The molecule has 1 saturated carbocycles. The highest BCUT2D eigenvalue weighted by Crippen LogP contribution is 2.38. The maximum Gasteiger partial charge on any atom is 0.197 e. The van der Waals surface area contributed by atoms with Gasteiger partial charge in [0.2, 0.25) is 0 Å². The second kappa shape index (κ2) is 6.01. The minimum absolute atomic E-state index is 0.550. The number of hydrogen-bond acceptors (Lipinski definition) is 4. The van der Waals surface area contributed by atoms with E-state index >= 15 is 0 Å². The molecule has 106 valence electrons. The summed E-state index contributed by atoms with van der Waals surface area (Å²) >= 11 is 5.67. The molecular weight excluding hydrogens is 433 g/mol. The Morgan fingerprint density at radius 1 is 1.30 bits per heavy atom. The fourth-order valence-corrected chi connectivity index (χ4v) is 3.90. The van der Waals surface area contributed by atoms with Crippen LogP contribution in [0.4, 0.5) is 5.82 Å². The number of rotatable bonds is 3. The van der Waals surface area contributed by atoms with Gasteiger partial charge in [0.1, 0.15) is 5.82 Å². The SMILES string of the molecule is CNc1nc(-c2ccc(Br)o2)nc(C2CCCC2)c1I. The van der Waals surface area contributed by atoms with Crippen molar-refractivity contribution in [3.05, 3.63) is 26.1 Å². The molecule has 0 radical (unpaired) electrons. The van der Waals surface area contributed by atoms with Crippen LogP contribution in [0, 0.1) is 3.57 Å². The summed E-state index contributed by atoms with van der Waals surface area (Å²) in [5, 5.41) is 3.16. The highest BCUT2D eigenvalue weighted by atomic mass is 127. The Bertz CT molecular complexity index is 623. The number of aromatic nitrogens is 2. The van der Waals surface area contributed by atoms with Crippen LogP contribution in [0.25, 0.3) is 11.6 Å². The first-order valence-corrected chi connectivity index (χ1v) is 8.57. The van der Waals surface area contributed by atoms with Crippen LogP contribution >= 0.6 is 38.5 Å². The van der Waals surface area contributed by atoms with Crippen LogP contribution < -0.4 is 5.32 Å². The fraction of sp³-hybridized carbons (Fsp3) is 0.429. The van der Waals surface area contributed by atoms with Gasteiger partial charge in [-0.15, -0.1) is 0 Å². The monoisotopic (exact) mass is 447 g/mol. The minimum atomic E-state index is 0.550. The average Bonchev–Trinajstić information content (AvgIpc) is 3.10. The highest BCUT2D eigenvalue weighted by molar-refractivity contribution is 14.1. The van der Waals surface area contributed by atoms with E-state index in [0.717, 1.165) is 15.1 Å². The van der Waals surface area contributed by atoms with E-state index in [1.807, 2.05) is 19.2 Å². The molecule has 0 aliphatic heterocycles. The zero-order valence-electron chi connectivity index (χ0n) is 11.1. The number of furan rings is 1. The van der Waals surface area contributed by atoms with Crippen LogP contribution in [-0.2, 0) is 0 Å². The molecule has 0 spiro atoms. The number of hydrogen-bond donors (Lipinski definition) is 1. The first-order chi connectivity index (χ1) is 9.69. The summed E-state index contributed by atoms with van der Waals surface area (Å²) in [5.41, 5.74) is 1.16. The van der Waals surface area contributed by atoms with Crippen molar-refractivity contribution >= 4 is 44.3 Å². The van der Waals surface area contributed by atoms with Gasteiger partial charge in [-0.3, -0.25) is 0 Å². The Balaban J connectivity index is 2.09. The Morgan fingerprint density at radius 3 is 2.65 bits per heavy atom. The lowest BCUT2D eigenvalue weighted by Crippen LogP contribution is -2.07. The van der Waals surface area contributed by atoms with E-state index in [9.17, 15) is 0 Å². The third-order valence-electron chi connectivity index (χ3n) is 3.65. The summed E-state index contributed by atoms with van der Waals surface area (Å²) in [6, 6.07) is 3.76. The molecule has 6 heteroatoms. The fourth-order valence-electron chi connectivity index (χ4n) is 2.64. The molecule has 0 aromatic carbocycles. The molecule has 1 aliphatic carbocycles. The summed E-state index contributed by atoms with van der Waals surface area (Å²) < 4.78 is 7.42. The lowest BCUT2D eigenvalue weighted by atomic mass is 10.0. The Kier molecular flexibility index (Phi) is 4.30. The molecule has 0 atom stereocenters. The molecule has 2 aromatic rings. The third-order valence-corrected chi connectivity index (χ3v) is 5.14. The van der Waals surface area contributed by atoms with E-state index in [1.165, 1.54) is 25.7 Å². The zero-order valence-corrected chi connectivity index (χ0v) is 14.9. The quantitative estimate of drug-likeness (QED) is 0.686. The molecule has 4 nitrogen and oxygen atoms in total. The van der Waals surface area contributed by atoms with Gasteiger partial charge in [-0.05, 0) is 63.5 Å². The van der Waals surface area contributed by atoms with Crippen LogP contribution in [0.2, 0.25) is 0 Å². The van der Waals surface area contributed by atoms with Crippen molar-refractivity contribution in [3.8, 4) is 11.6 Å². The van der Waals surface area contributed by atoms with Gasteiger partial charge in [0.15, 0.2) is 16.3 Å². The smallest absolute Gasteiger partial charge is 0.197 e. The molecule has 0 amide bonds. The maximum atomic E-state index is 5.59. The molecule has 20 heavy (non-hydrogen) atoms. The van der Waals surface area contributed by atoms with Crippen molar-refractivity contribution < 1.29 is 4.42 Å². The van der Waals surface area contributed by atoms with E-state index in [-0.39, 0.29) is 0 Å². The van der Waals surface area contributed by atoms with Crippen molar-refractivity contribution in [2.24, 2.45) is 0 Å². The molecule has 1 aliphatic rings. The average molecular weight is 448 g/mol. The van der Waals surface area contributed by atoms with Crippen molar-refractivity contribution in [2.75, 3.05) is 12.4 Å². The minimum Gasteiger partial charge on any atom is -0.446 e. The van der Waals surface area contributed by atoms with Gasteiger partial charge in [0, 0.05) is 13.0 Å². The van der Waals surface area contributed by atoms with Crippen molar-refractivity contribution in [1.82, 2.24) is 9.97 Å². The second-order valence-corrected chi connectivity index (χ2v) is 6.79. The summed E-state index contributed by atoms with van der Waals surface area (Å²) in [6.07, 6.45) is 5.03. The number of anilines is 1. The highest BCUT2D eigenvalue weighted by Gasteiger charge is 2.24. The van der Waals surface area contributed by atoms with E-state index in [1.54, 1.807) is 0 Å². The van der Waals surface area contributed by atoms with Crippen LogP contribution in [0.3, 0.4) is 0 Å². The molecule has 0 unspecified atom stereocenters. The molecule has 3 rings (SSSR count). The van der Waals surface area contributed by atoms with E-state index in [2.05, 4.69) is 48.8 Å². The van der Waals surface area contributed by atoms with Gasteiger partial charge in [-0.2, -0.15) is 0 Å². The van der Waals surface area contributed by atoms with Gasteiger partial charge < -0.3 is 9.73 Å². The normalized spacial score (nSPS) is 15.8. The molecule has 0 bridgehead atoms. The van der Waals surface area contributed by atoms with Crippen LogP contribution in [0.15, 0.2) is 21.2 Å². The lowest BCUT2D eigenvalue weighted by molar-refractivity contribution is 0.550. The number of nitrogens with zero attached hydrogens (tertiary/aromatic N) is 2. The van der Waals surface area contributed by atoms with Gasteiger partial charge in [-0.1, -0.05) is 12.8 Å². The standard InChI is InChI=1S/C14H15BrIN3O/c1-17-14-11(16)12(8-4-2-3-5-8)18-13(19-14)9-6-7-10(15)20-9/h6-8H,2-5H2,1H3,(H,17,18,19). The van der Waals surface area contributed by atoms with Crippen molar-refractivity contribution in [3.63, 3.8) is 0 Å². The number of halogens is 2. The molecular formula is C14H15BrIN3O. The predicted octanol–water partition coefficient (Wildman–Crippen LogP) is 4.80. The van der Waals surface area contributed by atoms with Gasteiger partial charge >= 0.3 is 0 Å². The molecule has 1 N–H and O–H groups in total. The van der Waals surface area contributed by atoms with Gasteiger partial charge in [0.05, 0.1) is 9.26 Å².